The van der Waals surface area contributed by atoms with Gasteiger partial charge in [0.1, 0.15) is 0 Å². The van der Waals surface area contributed by atoms with Crippen molar-refractivity contribution in [2.75, 3.05) is 0 Å². The number of carbonyl (C=O) groups excluding carboxylic acids is 1. The number of ether oxygens (including phenoxy) is 1. The minimum atomic E-state index is -1.81. The molecule has 1 aliphatic carbocycles. The predicted octanol–water partition coefficient (Wildman–Crippen LogP) is 4.82. The van der Waals surface area contributed by atoms with Crippen LogP contribution in [0.15, 0.2) is 46.3 Å². The Morgan fingerprint density at radius 1 is 0.913 bits per heavy atom. The monoisotopic (exact) mass is 342 g/mol. The van der Waals surface area contributed by atoms with Crippen molar-refractivity contribution in [3.05, 3.63) is 51.9 Å². The van der Waals surface area contributed by atoms with Crippen molar-refractivity contribution in [1.29, 1.82) is 0 Å². The van der Waals surface area contributed by atoms with Crippen LogP contribution in [0, 0.1) is 0 Å². The molecule has 1 spiro atoms. The Labute approximate surface area is 141 Å². The summed E-state index contributed by atoms with van der Waals surface area (Å²) in [5.41, 5.74) is 3.05. The molecule has 0 amide bonds. The minimum absolute atomic E-state index is 0.0874. The Hall–Kier alpha value is -1.40. The molecule has 2 nitrogen and oxygen atoms in total. The van der Waals surface area contributed by atoms with Gasteiger partial charge in [-0.1, -0.05) is 69.6 Å². The summed E-state index contributed by atoms with van der Waals surface area (Å²) in [5, 5.41) is 2.38. The van der Waals surface area contributed by atoms with Gasteiger partial charge >= 0.3 is 5.97 Å². The van der Waals surface area contributed by atoms with Gasteiger partial charge in [0.15, 0.2) is 5.60 Å². The highest BCUT2D eigenvalue weighted by Gasteiger charge is 2.66. The second kappa shape index (κ2) is 4.80. The molecular weight excluding hydrogens is 316 g/mol. The fourth-order valence-electron chi connectivity index (χ4n) is 4.07. The van der Waals surface area contributed by atoms with Crippen molar-refractivity contribution in [3.8, 4) is 0 Å². The largest absolute Gasteiger partial charge is 0.442 e. The lowest BCUT2D eigenvalue weighted by molar-refractivity contribution is -0.139. The van der Waals surface area contributed by atoms with Crippen molar-refractivity contribution in [1.82, 2.24) is 0 Å². The molecule has 3 rings (SSSR count). The molecule has 0 bridgehead atoms. The summed E-state index contributed by atoms with van der Waals surface area (Å²) < 4.78 is 6.10. The molecule has 1 atom stereocenters. The molecule has 0 N–H and O–H groups in total. The van der Waals surface area contributed by atoms with Crippen LogP contribution in [0.5, 0.6) is 0 Å². The van der Waals surface area contributed by atoms with E-state index >= 15 is 0 Å². The molecule has 0 fully saturated rings. The third kappa shape index (κ3) is 2.31. The predicted molar refractivity (Wildman–Crippen MR) is 102 cm³/mol. The second-order valence-corrected chi connectivity index (χ2v) is 18.7. The van der Waals surface area contributed by atoms with Crippen LogP contribution in [-0.4, -0.2) is 27.7 Å². The lowest BCUT2D eigenvalue weighted by atomic mass is 9.96. The van der Waals surface area contributed by atoms with Crippen molar-refractivity contribution in [3.63, 3.8) is 0 Å². The van der Waals surface area contributed by atoms with Gasteiger partial charge in [-0.05, 0) is 23.3 Å². The van der Waals surface area contributed by atoms with Gasteiger partial charge in [0.2, 0.25) is 0 Å². The topological polar surface area (TPSA) is 26.3 Å². The molecule has 0 saturated heterocycles. The molecule has 122 valence electrons. The molecule has 0 radical (unpaired) electrons. The summed E-state index contributed by atoms with van der Waals surface area (Å²) in [4.78, 5) is 12.8. The maximum absolute atomic E-state index is 12.8. The zero-order valence-electron chi connectivity index (χ0n) is 15.2. The van der Waals surface area contributed by atoms with E-state index in [1.807, 2.05) is 18.2 Å². The first-order valence-electron chi connectivity index (χ1n) is 8.27. The second-order valence-electron chi connectivity index (χ2n) is 8.69. The number of esters is 1. The van der Waals surface area contributed by atoms with Crippen LogP contribution in [0.3, 0.4) is 0 Å². The maximum Gasteiger partial charge on any atom is 0.331 e. The van der Waals surface area contributed by atoms with Gasteiger partial charge in [0.25, 0.3) is 0 Å². The van der Waals surface area contributed by atoms with E-state index in [4.69, 9.17) is 4.74 Å². The van der Waals surface area contributed by atoms with Crippen molar-refractivity contribution in [2.24, 2.45) is 0 Å². The molecular formula is C19H26O2Si2. The minimum Gasteiger partial charge on any atom is -0.442 e. The first-order valence-corrected chi connectivity index (χ1v) is 15.3. The van der Waals surface area contributed by atoms with Crippen LogP contribution < -0.4 is 0 Å². The van der Waals surface area contributed by atoms with Gasteiger partial charge in [-0.15, -0.1) is 0 Å². The van der Waals surface area contributed by atoms with Gasteiger partial charge in [-0.3, -0.25) is 0 Å². The van der Waals surface area contributed by atoms with Crippen molar-refractivity contribution in [2.45, 2.75) is 51.8 Å². The van der Waals surface area contributed by atoms with Gasteiger partial charge in [-0.2, -0.15) is 0 Å². The number of hydrogen-bond donors (Lipinski definition) is 0. The lowest BCUT2D eigenvalue weighted by Gasteiger charge is -2.24. The van der Waals surface area contributed by atoms with E-state index in [9.17, 15) is 4.79 Å². The standard InChI is InChI=1S/C19H26O2Si2/c1-13-17(23(5,6)7)19(13)15(14-11-9-8-10-12-14)16(18(20)21-19)22(2,3)4/h8-12H,1-7H3. The molecule has 1 unspecified atom stereocenters. The van der Waals surface area contributed by atoms with Gasteiger partial charge in [-0.25, -0.2) is 4.79 Å². The third-order valence-electron chi connectivity index (χ3n) is 4.81. The molecule has 0 saturated carbocycles. The number of hydrogen-bond acceptors (Lipinski definition) is 2. The quantitative estimate of drug-likeness (QED) is 0.581. The number of rotatable bonds is 3. The molecule has 1 aromatic carbocycles. The van der Waals surface area contributed by atoms with Crippen LogP contribution in [-0.2, 0) is 9.53 Å². The van der Waals surface area contributed by atoms with E-state index in [1.54, 1.807) is 0 Å². The van der Waals surface area contributed by atoms with Crippen molar-refractivity contribution >= 4 is 27.7 Å². The fraction of sp³-hybridized carbons (Fsp3) is 0.421. The van der Waals surface area contributed by atoms with Crippen LogP contribution in [0.2, 0.25) is 39.3 Å². The van der Waals surface area contributed by atoms with Crippen LogP contribution >= 0.6 is 0 Å². The summed E-state index contributed by atoms with van der Waals surface area (Å²) in [6.07, 6.45) is 0. The highest BCUT2D eigenvalue weighted by Crippen LogP contribution is 2.63. The Bertz CT molecular complexity index is 746. The summed E-state index contributed by atoms with van der Waals surface area (Å²) in [6.45, 7) is 15.9. The molecule has 1 aliphatic heterocycles. The van der Waals surface area contributed by atoms with E-state index in [-0.39, 0.29) is 5.97 Å². The van der Waals surface area contributed by atoms with Crippen LogP contribution in [0.25, 0.3) is 5.57 Å². The van der Waals surface area contributed by atoms with E-state index in [0.29, 0.717) is 0 Å². The van der Waals surface area contributed by atoms with Crippen molar-refractivity contribution < 1.29 is 9.53 Å². The van der Waals surface area contributed by atoms with E-state index in [2.05, 4.69) is 58.3 Å². The molecule has 1 heterocycles. The lowest BCUT2D eigenvalue weighted by Crippen LogP contribution is -2.30. The van der Waals surface area contributed by atoms with Crippen LogP contribution in [0.4, 0.5) is 0 Å². The van der Waals surface area contributed by atoms with E-state index in [0.717, 1.165) is 16.3 Å². The van der Waals surface area contributed by atoms with Gasteiger partial charge in [0.05, 0.1) is 16.1 Å². The Kier molecular flexibility index (Phi) is 3.44. The highest BCUT2D eigenvalue weighted by molar-refractivity contribution is 6.89. The average molecular weight is 343 g/mol. The maximum atomic E-state index is 12.8. The number of carbonyl (C=O) groups is 1. The average Bonchev–Trinajstić information content (AvgIpc) is 2.85. The summed E-state index contributed by atoms with van der Waals surface area (Å²) in [7, 11) is -3.34. The zero-order valence-corrected chi connectivity index (χ0v) is 17.2. The first-order chi connectivity index (χ1) is 10.5. The molecule has 4 heteroatoms. The third-order valence-corrected chi connectivity index (χ3v) is 8.99. The smallest absolute Gasteiger partial charge is 0.331 e. The Balaban J connectivity index is 2.26. The first kappa shape index (κ1) is 16.5. The fourth-order valence-corrected chi connectivity index (χ4v) is 8.46. The van der Waals surface area contributed by atoms with Crippen LogP contribution in [0.1, 0.15) is 12.5 Å². The molecule has 23 heavy (non-hydrogen) atoms. The van der Waals surface area contributed by atoms with Gasteiger partial charge < -0.3 is 4.74 Å². The summed E-state index contributed by atoms with van der Waals surface area (Å²) in [6, 6.07) is 10.4. The Morgan fingerprint density at radius 3 is 1.91 bits per heavy atom. The molecule has 1 aromatic rings. The molecule has 2 aliphatic rings. The molecule has 0 aromatic heterocycles. The number of benzene rings is 1. The summed E-state index contributed by atoms with van der Waals surface area (Å²) >= 11 is 0. The van der Waals surface area contributed by atoms with Gasteiger partial charge in [0, 0.05) is 10.8 Å². The van der Waals surface area contributed by atoms with E-state index in [1.165, 1.54) is 10.8 Å². The summed E-state index contributed by atoms with van der Waals surface area (Å²) in [5.74, 6) is -0.0874. The highest BCUT2D eigenvalue weighted by atomic mass is 28.3. The Morgan fingerprint density at radius 2 is 1.48 bits per heavy atom. The SMILES string of the molecule is CC1=C([Si](C)(C)C)C12OC(=O)C([Si](C)(C)C)=C2c1ccccc1. The van der Waals surface area contributed by atoms with E-state index < -0.39 is 21.7 Å². The zero-order chi connectivity index (χ0) is 17.2. The normalized spacial score (nSPS) is 24.6.